The number of nitrogens with one attached hydrogen (secondary N) is 2. The van der Waals surface area contributed by atoms with Crippen LogP contribution < -0.4 is 15.4 Å². The Balaban J connectivity index is 1.73. The number of rotatable bonds is 6. The number of benzene rings is 1. The first kappa shape index (κ1) is 17.5. The van der Waals surface area contributed by atoms with Gasteiger partial charge in [0.25, 0.3) is 0 Å². The van der Waals surface area contributed by atoms with Crippen molar-refractivity contribution >= 4 is 6.03 Å². The molecule has 3 N–H and O–H groups in total. The lowest BCUT2D eigenvalue weighted by Gasteiger charge is -2.31. The number of carbonyl (C=O) groups excluding carboxylic acids is 1. The van der Waals surface area contributed by atoms with Crippen molar-refractivity contribution in [2.45, 2.75) is 44.8 Å². The van der Waals surface area contributed by atoms with Crippen LogP contribution in [0.25, 0.3) is 0 Å². The smallest absolute Gasteiger partial charge is 0.315 e. The lowest BCUT2D eigenvalue weighted by Crippen LogP contribution is -2.49. The van der Waals surface area contributed by atoms with Gasteiger partial charge in [-0.25, -0.2) is 9.18 Å². The zero-order chi connectivity index (χ0) is 16.7. The van der Waals surface area contributed by atoms with Crippen LogP contribution in [0.2, 0.25) is 0 Å². The molecule has 3 unspecified atom stereocenters. The second-order valence-electron chi connectivity index (χ2n) is 6.07. The third kappa shape index (κ3) is 5.71. The van der Waals surface area contributed by atoms with Crippen LogP contribution in [0, 0.1) is 11.7 Å². The van der Waals surface area contributed by atoms with E-state index in [1.165, 1.54) is 12.1 Å². The lowest BCUT2D eigenvalue weighted by molar-refractivity contribution is 0.152. The molecular formula is C17H25FN2O3. The van der Waals surface area contributed by atoms with Crippen LogP contribution in [-0.2, 0) is 0 Å². The van der Waals surface area contributed by atoms with Gasteiger partial charge in [0.2, 0.25) is 0 Å². The molecule has 1 saturated carbocycles. The summed E-state index contributed by atoms with van der Waals surface area (Å²) in [6.07, 6.45) is 3.74. The number of aliphatic hydroxyl groups excluding tert-OH is 1. The van der Waals surface area contributed by atoms with E-state index in [0.29, 0.717) is 12.3 Å². The number of hydrogen-bond donors (Lipinski definition) is 3. The highest BCUT2D eigenvalue weighted by atomic mass is 19.1. The Labute approximate surface area is 136 Å². The van der Waals surface area contributed by atoms with E-state index in [2.05, 4.69) is 10.6 Å². The second-order valence-corrected chi connectivity index (χ2v) is 6.07. The van der Waals surface area contributed by atoms with Crippen molar-refractivity contribution in [1.29, 1.82) is 0 Å². The zero-order valence-corrected chi connectivity index (χ0v) is 13.4. The van der Waals surface area contributed by atoms with E-state index >= 15 is 0 Å². The van der Waals surface area contributed by atoms with Gasteiger partial charge in [-0.1, -0.05) is 18.9 Å². The van der Waals surface area contributed by atoms with Crippen molar-refractivity contribution in [3.63, 3.8) is 0 Å². The van der Waals surface area contributed by atoms with E-state index in [9.17, 15) is 14.3 Å². The summed E-state index contributed by atoms with van der Waals surface area (Å²) < 4.78 is 18.6. The molecule has 3 atom stereocenters. The Hall–Kier alpha value is -1.82. The maximum Gasteiger partial charge on any atom is 0.315 e. The van der Waals surface area contributed by atoms with Crippen LogP contribution in [0.4, 0.5) is 9.18 Å². The number of aliphatic hydroxyl groups is 1. The van der Waals surface area contributed by atoms with Crippen LogP contribution in [-0.4, -0.2) is 36.4 Å². The standard InChI is InChI=1S/C17H25FN2O3/c1-12(23-15-7-4-6-14(18)9-15)10-19-17(22)20-16-8-3-2-5-13(16)11-21/h4,6-7,9,12-13,16,21H,2-3,5,8,10-11H2,1H3,(H2,19,20,22). The summed E-state index contributed by atoms with van der Waals surface area (Å²) in [6, 6.07) is 5.68. The molecule has 5 nitrogen and oxygen atoms in total. The topological polar surface area (TPSA) is 70.6 Å². The summed E-state index contributed by atoms with van der Waals surface area (Å²) in [4.78, 5) is 12.0. The molecule has 1 aliphatic rings. The fraction of sp³-hybridized carbons (Fsp3) is 0.588. The monoisotopic (exact) mass is 324 g/mol. The molecule has 6 heteroatoms. The predicted octanol–water partition coefficient (Wildman–Crippen LogP) is 2.44. The second kappa shape index (κ2) is 8.72. The number of carbonyl (C=O) groups is 1. The summed E-state index contributed by atoms with van der Waals surface area (Å²) in [7, 11) is 0. The normalized spacial score (nSPS) is 22.2. The molecule has 0 radical (unpaired) electrons. The van der Waals surface area contributed by atoms with Crippen LogP contribution in [0.5, 0.6) is 5.75 Å². The van der Waals surface area contributed by atoms with Crippen molar-refractivity contribution in [2.24, 2.45) is 5.92 Å². The van der Waals surface area contributed by atoms with Gasteiger partial charge in [0, 0.05) is 24.6 Å². The maximum absolute atomic E-state index is 13.1. The minimum absolute atomic E-state index is 0.0215. The molecule has 128 valence electrons. The molecule has 1 aromatic rings. The molecule has 0 saturated heterocycles. The molecule has 23 heavy (non-hydrogen) atoms. The van der Waals surface area contributed by atoms with Gasteiger partial charge >= 0.3 is 6.03 Å². The number of amides is 2. The maximum atomic E-state index is 13.1. The number of hydrogen-bond acceptors (Lipinski definition) is 3. The van der Waals surface area contributed by atoms with Crippen LogP contribution >= 0.6 is 0 Å². The molecule has 1 fully saturated rings. The van der Waals surface area contributed by atoms with E-state index in [0.717, 1.165) is 25.7 Å². The Morgan fingerprint density at radius 1 is 1.43 bits per heavy atom. The van der Waals surface area contributed by atoms with Gasteiger partial charge in [0.05, 0.1) is 6.54 Å². The van der Waals surface area contributed by atoms with Gasteiger partial charge in [0.1, 0.15) is 17.7 Å². The third-order valence-corrected chi connectivity index (χ3v) is 4.14. The van der Waals surface area contributed by atoms with Crippen molar-refractivity contribution in [2.75, 3.05) is 13.2 Å². The average Bonchev–Trinajstić information content (AvgIpc) is 2.53. The first-order valence-corrected chi connectivity index (χ1v) is 8.16. The average molecular weight is 324 g/mol. The number of urea groups is 1. The molecule has 0 aromatic heterocycles. The van der Waals surface area contributed by atoms with E-state index < -0.39 is 0 Å². The molecule has 1 aromatic carbocycles. The van der Waals surface area contributed by atoms with Gasteiger partial charge in [-0.2, -0.15) is 0 Å². The van der Waals surface area contributed by atoms with Gasteiger partial charge < -0.3 is 20.5 Å². The lowest BCUT2D eigenvalue weighted by atomic mass is 9.85. The molecule has 0 heterocycles. The van der Waals surface area contributed by atoms with Gasteiger partial charge in [0.15, 0.2) is 0 Å². The summed E-state index contributed by atoms with van der Waals surface area (Å²) >= 11 is 0. The van der Waals surface area contributed by atoms with Crippen LogP contribution in [0.1, 0.15) is 32.6 Å². The number of ether oxygens (including phenoxy) is 1. The van der Waals surface area contributed by atoms with Crippen molar-refractivity contribution in [3.05, 3.63) is 30.1 Å². The summed E-state index contributed by atoms with van der Waals surface area (Å²) in [5.41, 5.74) is 0. The van der Waals surface area contributed by atoms with Crippen molar-refractivity contribution in [3.8, 4) is 5.75 Å². The fourth-order valence-corrected chi connectivity index (χ4v) is 2.89. The van der Waals surface area contributed by atoms with E-state index in [1.807, 2.05) is 6.92 Å². The molecule has 1 aliphatic carbocycles. The Kier molecular flexibility index (Phi) is 6.65. The SMILES string of the molecule is CC(CNC(=O)NC1CCCCC1CO)Oc1cccc(F)c1. The van der Waals surface area contributed by atoms with E-state index in [4.69, 9.17) is 4.74 Å². The molecule has 0 aliphatic heterocycles. The summed E-state index contributed by atoms with van der Waals surface area (Å²) in [5.74, 6) is 0.218. The number of halogens is 1. The highest BCUT2D eigenvalue weighted by Crippen LogP contribution is 2.23. The minimum Gasteiger partial charge on any atom is -0.489 e. The van der Waals surface area contributed by atoms with Gasteiger partial charge in [-0.15, -0.1) is 0 Å². The predicted molar refractivity (Wildman–Crippen MR) is 85.9 cm³/mol. The highest BCUT2D eigenvalue weighted by molar-refractivity contribution is 5.74. The Bertz CT molecular complexity index is 512. The highest BCUT2D eigenvalue weighted by Gasteiger charge is 2.25. The minimum atomic E-state index is -0.354. The fourth-order valence-electron chi connectivity index (χ4n) is 2.89. The van der Waals surface area contributed by atoms with Crippen LogP contribution in [0.15, 0.2) is 24.3 Å². The first-order valence-electron chi connectivity index (χ1n) is 8.16. The largest absolute Gasteiger partial charge is 0.489 e. The molecule has 2 rings (SSSR count). The van der Waals surface area contributed by atoms with Crippen molar-refractivity contribution < 1.29 is 19.0 Å². The molecular weight excluding hydrogens is 299 g/mol. The summed E-state index contributed by atoms with van der Waals surface area (Å²) in [6.45, 7) is 2.23. The van der Waals surface area contributed by atoms with Crippen LogP contribution in [0.3, 0.4) is 0 Å². The van der Waals surface area contributed by atoms with Gasteiger partial charge in [-0.05, 0) is 31.9 Å². The molecule has 2 amide bonds. The van der Waals surface area contributed by atoms with Gasteiger partial charge in [-0.3, -0.25) is 0 Å². The molecule has 0 spiro atoms. The first-order chi connectivity index (χ1) is 11.1. The quantitative estimate of drug-likeness (QED) is 0.753. The zero-order valence-electron chi connectivity index (χ0n) is 13.4. The van der Waals surface area contributed by atoms with E-state index in [1.54, 1.807) is 12.1 Å². The van der Waals surface area contributed by atoms with Crippen molar-refractivity contribution in [1.82, 2.24) is 10.6 Å². The van der Waals surface area contributed by atoms with E-state index in [-0.39, 0.29) is 36.5 Å². The Morgan fingerprint density at radius 2 is 2.22 bits per heavy atom. The molecule has 0 bridgehead atoms. The Morgan fingerprint density at radius 3 is 2.96 bits per heavy atom. The summed E-state index contributed by atoms with van der Waals surface area (Å²) in [5, 5.41) is 15.0. The third-order valence-electron chi connectivity index (χ3n) is 4.14.